The SMILES string of the molecule is COc1cccc(/C=C/C(=O)c2cc3cccc(OC)c3oc2=O)c1. The fraction of sp³-hybridized carbons (Fsp3) is 0.100. The van der Waals surface area contributed by atoms with E-state index in [0.717, 1.165) is 5.56 Å². The van der Waals surface area contributed by atoms with Gasteiger partial charge in [0.15, 0.2) is 17.1 Å². The van der Waals surface area contributed by atoms with Crippen LogP contribution < -0.4 is 15.1 Å². The van der Waals surface area contributed by atoms with Crippen LogP contribution in [0.3, 0.4) is 0 Å². The Morgan fingerprint density at radius 3 is 2.60 bits per heavy atom. The van der Waals surface area contributed by atoms with Crippen molar-refractivity contribution in [1.82, 2.24) is 0 Å². The monoisotopic (exact) mass is 336 g/mol. The van der Waals surface area contributed by atoms with Crippen molar-refractivity contribution in [3.05, 3.63) is 76.2 Å². The summed E-state index contributed by atoms with van der Waals surface area (Å²) < 4.78 is 15.6. The molecule has 0 fully saturated rings. The molecule has 0 N–H and O–H groups in total. The molecule has 0 radical (unpaired) electrons. The van der Waals surface area contributed by atoms with Crippen molar-refractivity contribution >= 4 is 22.8 Å². The van der Waals surface area contributed by atoms with Gasteiger partial charge in [-0.15, -0.1) is 0 Å². The van der Waals surface area contributed by atoms with Crippen LogP contribution in [0, 0.1) is 0 Å². The highest BCUT2D eigenvalue weighted by Crippen LogP contribution is 2.24. The van der Waals surface area contributed by atoms with E-state index in [1.54, 1.807) is 37.5 Å². The average Bonchev–Trinajstić information content (AvgIpc) is 2.65. The first-order valence-corrected chi connectivity index (χ1v) is 7.59. The first-order valence-electron chi connectivity index (χ1n) is 7.59. The lowest BCUT2D eigenvalue weighted by Gasteiger charge is -2.04. The van der Waals surface area contributed by atoms with Crippen LogP contribution in [0.1, 0.15) is 15.9 Å². The van der Waals surface area contributed by atoms with E-state index in [1.165, 1.54) is 19.3 Å². The summed E-state index contributed by atoms with van der Waals surface area (Å²) in [6.07, 6.45) is 2.97. The van der Waals surface area contributed by atoms with Crippen LogP contribution in [0.4, 0.5) is 0 Å². The number of methoxy groups -OCH3 is 2. The number of carbonyl (C=O) groups is 1. The number of ether oxygens (including phenoxy) is 2. The highest BCUT2D eigenvalue weighted by molar-refractivity contribution is 6.08. The van der Waals surface area contributed by atoms with E-state index in [1.807, 2.05) is 18.2 Å². The maximum Gasteiger partial charge on any atom is 0.347 e. The molecule has 3 rings (SSSR count). The lowest BCUT2D eigenvalue weighted by atomic mass is 10.1. The number of carbonyl (C=O) groups excluding carboxylic acids is 1. The minimum absolute atomic E-state index is 0.0279. The summed E-state index contributed by atoms with van der Waals surface area (Å²) in [7, 11) is 3.06. The van der Waals surface area contributed by atoms with Crippen molar-refractivity contribution in [2.75, 3.05) is 14.2 Å². The van der Waals surface area contributed by atoms with Crippen molar-refractivity contribution in [2.24, 2.45) is 0 Å². The molecule has 0 aliphatic carbocycles. The van der Waals surface area contributed by atoms with E-state index in [4.69, 9.17) is 13.9 Å². The molecule has 0 atom stereocenters. The van der Waals surface area contributed by atoms with Gasteiger partial charge >= 0.3 is 5.63 Å². The smallest absolute Gasteiger partial charge is 0.347 e. The summed E-state index contributed by atoms with van der Waals surface area (Å²) in [5.74, 6) is 0.703. The molecule has 0 aliphatic rings. The third-order valence-electron chi connectivity index (χ3n) is 3.73. The van der Waals surface area contributed by atoms with Gasteiger partial charge in [-0.25, -0.2) is 4.79 Å². The normalized spacial score (nSPS) is 11.0. The highest BCUT2D eigenvalue weighted by Gasteiger charge is 2.13. The fourth-order valence-corrected chi connectivity index (χ4v) is 2.46. The highest BCUT2D eigenvalue weighted by atomic mass is 16.5. The summed E-state index contributed by atoms with van der Waals surface area (Å²) in [4.78, 5) is 24.5. The standard InChI is InChI=1S/C20H16O5/c1-23-15-7-3-5-13(11-15)9-10-17(21)16-12-14-6-4-8-18(24-2)19(14)25-20(16)22/h3-12H,1-2H3/b10-9+. The minimum atomic E-state index is -0.697. The first kappa shape index (κ1) is 16.5. The van der Waals surface area contributed by atoms with Crippen molar-refractivity contribution in [3.63, 3.8) is 0 Å². The van der Waals surface area contributed by atoms with E-state index >= 15 is 0 Å². The predicted octanol–water partition coefficient (Wildman–Crippen LogP) is 3.71. The molecule has 126 valence electrons. The number of rotatable bonds is 5. The van der Waals surface area contributed by atoms with Gasteiger partial charge in [0.25, 0.3) is 0 Å². The lowest BCUT2D eigenvalue weighted by molar-refractivity contribution is 0.104. The quantitative estimate of drug-likeness (QED) is 0.404. The summed E-state index contributed by atoms with van der Waals surface area (Å²) in [5, 5.41) is 0.622. The third kappa shape index (κ3) is 3.45. The Labute approximate surface area is 144 Å². The maximum atomic E-state index is 12.4. The first-order chi connectivity index (χ1) is 12.1. The van der Waals surface area contributed by atoms with Crippen molar-refractivity contribution in [3.8, 4) is 11.5 Å². The average molecular weight is 336 g/mol. The zero-order chi connectivity index (χ0) is 17.8. The lowest BCUT2D eigenvalue weighted by Crippen LogP contribution is -2.12. The summed E-state index contributed by atoms with van der Waals surface area (Å²) in [5.41, 5.74) is 0.389. The number of benzene rings is 2. The van der Waals surface area contributed by atoms with Crippen LogP contribution in [0.15, 0.2) is 63.8 Å². The Morgan fingerprint density at radius 1 is 1.04 bits per heavy atom. The van der Waals surface area contributed by atoms with Gasteiger partial charge in [-0.3, -0.25) is 4.79 Å². The molecule has 0 saturated carbocycles. The molecule has 1 heterocycles. The Bertz CT molecular complexity index is 1010. The summed E-state index contributed by atoms with van der Waals surface area (Å²) >= 11 is 0. The fourth-order valence-electron chi connectivity index (χ4n) is 2.46. The summed E-state index contributed by atoms with van der Waals surface area (Å²) in [6, 6.07) is 14.0. The molecule has 5 nitrogen and oxygen atoms in total. The molecule has 0 bridgehead atoms. The molecule has 2 aromatic carbocycles. The molecule has 3 aromatic rings. The second-order valence-corrected chi connectivity index (χ2v) is 5.30. The molecule has 5 heteroatoms. The Balaban J connectivity index is 1.95. The van der Waals surface area contributed by atoms with Gasteiger partial charge in [0.05, 0.1) is 14.2 Å². The minimum Gasteiger partial charge on any atom is -0.497 e. The Hall–Kier alpha value is -3.34. The van der Waals surface area contributed by atoms with Gasteiger partial charge in [0.1, 0.15) is 11.3 Å². The van der Waals surface area contributed by atoms with E-state index < -0.39 is 11.4 Å². The largest absolute Gasteiger partial charge is 0.497 e. The van der Waals surface area contributed by atoms with Gasteiger partial charge in [-0.1, -0.05) is 30.3 Å². The molecular formula is C20H16O5. The number of hydrogen-bond donors (Lipinski definition) is 0. The number of hydrogen-bond acceptors (Lipinski definition) is 5. The van der Waals surface area contributed by atoms with Crippen LogP contribution in [0.2, 0.25) is 0 Å². The van der Waals surface area contributed by atoms with Gasteiger partial charge in [-0.2, -0.15) is 0 Å². The zero-order valence-corrected chi connectivity index (χ0v) is 13.8. The van der Waals surface area contributed by atoms with E-state index in [0.29, 0.717) is 22.5 Å². The molecule has 0 spiro atoms. The van der Waals surface area contributed by atoms with Crippen LogP contribution in [0.25, 0.3) is 17.0 Å². The molecule has 0 amide bonds. The Morgan fingerprint density at radius 2 is 1.84 bits per heavy atom. The van der Waals surface area contributed by atoms with Crippen molar-refractivity contribution in [2.45, 2.75) is 0 Å². The number of allylic oxidation sites excluding steroid dienone is 1. The van der Waals surface area contributed by atoms with Gasteiger partial charge in [0.2, 0.25) is 0 Å². The van der Waals surface area contributed by atoms with Crippen molar-refractivity contribution in [1.29, 1.82) is 0 Å². The van der Waals surface area contributed by atoms with E-state index in [2.05, 4.69) is 0 Å². The molecule has 25 heavy (non-hydrogen) atoms. The summed E-state index contributed by atoms with van der Waals surface area (Å²) in [6.45, 7) is 0. The van der Waals surface area contributed by atoms with E-state index in [-0.39, 0.29) is 5.56 Å². The van der Waals surface area contributed by atoms with Gasteiger partial charge in [-0.05, 0) is 35.9 Å². The maximum absolute atomic E-state index is 12.4. The van der Waals surface area contributed by atoms with E-state index in [9.17, 15) is 9.59 Å². The molecule has 0 unspecified atom stereocenters. The van der Waals surface area contributed by atoms with Gasteiger partial charge < -0.3 is 13.9 Å². The molecular weight excluding hydrogens is 320 g/mol. The molecule has 0 aliphatic heterocycles. The number of fused-ring (bicyclic) bond motifs is 1. The Kier molecular flexibility index (Phi) is 4.66. The molecule has 1 aromatic heterocycles. The van der Waals surface area contributed by atoms with Crippen LogP contribution in [-0.2, 0) is 0 Å². The number of para-hydroxylation sites is 1. The van der Waals surface area contributed by atoms with Crippen LogP contribution in [-0.4, -0.2) is 20.0 Å². The molecule has 0 saturated heterocycles. The third-order valence-corrected chi connectivity index (χ3v) is 3.73. The van der Waals surface area contributed by atoms with Crippen LogP contribution >= 0.6 is 0 Å². The number of ketones is 1. The van der Waals surface area contributed by atoms with Crippen molar-refractivity contribution < 1.29 is 18.7 Å². The second kappa shape index (κ2) is 7.05. The second-order valence-electron chi connectivity index (χ2n) is 5.30. The predicted molar refractivity (Wildman–Crippen MR) is 95.4 cm³/mol. The zero-order valence-electron chi connectivity index (χ0n) is 13.8. The van der Waals surface area contributed by atoms with Crippen LogP contribution in [0.5, 0.6) is 11.5 Å². The topological polar surface area (TPSA) is 65.7 Å². The van der Waals surface area contributed by atoms with Gasteiger partial charge in [0, 0.05) is 5.39 Å².